The first-order chi connectivity index (χ1) is 10.6. The summed E-state index contributed by atoms with van der Waals surface area (Å²) in [6.45, 7) is 7.36. The minimum absolute atomic E-state index is 0.656. The summed E-state index contributed by atoms with van der Waals surface area (Å²) < 4.78 is 0. The number of hydrogen-bond donors (Lipinski definition) is 0. The van der Waals surface area contributed by atoms with Gasteiger partial charge in [0.25, 0.3) is 0 Å². The lowest BCUT2D eigenvalue weighted by Gasteiger charge is -2.50. The zero-order valence-electron chi connectivity index (χ0n) is 14.4. The van der Waals surface area contributed by atoms with Crippen molar-refractivity contribution in [3.05, 3.63) is 34.9 Å². The molecule has 0 bridgehead atoms. The average Bonchev–Trinajstić information content (AvgIpc) is 2.84. The summed E-state index contributed by atoms with van der Waals surface area (Å²) in [4.78, 5) is 0. The predicted molar refractivity (Wildman–Crippen MR) is 94.9 cm³/mol. The van der Waals surface area contributed by atoms with Crippen molar-refractivity contribution in [2.45, 2.75) is 65.2 Å². The second-order valence-corrected chi connectivity index (χ2v) is 8.14. The molecule has 1 aromatic carbocycles. The monoisotopic (exact) mass is 294 g/mol. The van der Waals surface area contributed by atoms with Crippen LogP contribution in [0.3, 0.4) is 0 Å². The molecule has 0 spiro atoms. The number of aryl methyl sites for hydroxylation is 2. The molecule has 118 valence electrons. The van der Waals surface area contributed by atoms with Gasteiger partial charge < -0.3 is 0 Å². The molecule has 2 saturated carbocycles. The highest BCUT2D eigenvalue weighted by Gasteiger charge is 2.53. The Labute approximate surface area is 136 Å². The minimum atomic E-state index is 0.656. The van der Waals surface area contributed by atoms with E-state index in [4.69, 9.17) is 0 Å². The Bertz CT molecular complexity index is 567. The fourth-order valence-corrected chi connectivity index (χ4v) is 5.97. The van der Waals surface area contributed by atoms with Crippen LogP contribution in [0.5, 0.6) is 0 Å². The van der Waals surface area contributed by atoms with Gasteiger partial charge in [-0.3, -0.25) is 0 Å². The molecule has 1 aromatic rings. The highest BCUT2D eigenvalue weighted by molar-refractivity contribution is 5.37. The van der Waals surface area contributed by atoms with Crippen molar-refractivity contribution >= 4 is 0 Å². The molecule has 0 heteroatoms. The zero-order valence-corrected chi connectivity index (χ0v) is 14.4. The maximum Gasteiger partial charge on any atom is -0.0128 e. The van der Waals surface area contributed by atoms with E-state index in [1.807, 2.05) is 0 Å². The van der Waals surface area contributed by atoms with Gasteiger partial charge in [0, 0.05) is 0 Å². The lowest BCUT2D eigenvalue weighted by atomic mass is 9.54. The lowest BCUT2D eigenvalue weighted by molar-refractivity contribution is 0.0337. The molecule has 0 amide bonds. The van der Waals surface area contributed by atoms with Gasteiger partial charge in [0.2, 0.25) is 0 Å². The van der Waals surface area contributed by atoms with Gasteiger partial charge in [-0.1, -0.05) is 37.6 Å². The number of terminal acetylenes is 1. The largest absolute Gasteiger partial charge is 0.124 e. The van der Waals surface area contributed by atoms with Crippen LogP contribution in [0.4, 0.5) is 0 Å². The molecule has 2 fully saturated rings. The van der Waals surface area contributed by atoms with E-state index in [9.17, 15) is 0 Å². The Morgan fingerprint density at radius 2 is 1.86 bits per heavy atom. The molecule has 3 aliphatic carbocycles. The van der Waals surface area contributed by atoms with E-state index < -0.39 is 0 Å². The van der Waals surface area contributed by atoms with Crippen molar-refractivity contribution in [1.29, 1.82) is 0 Å². The summed E-state index contributed by atoms with van der Waals surface area (Å²) in [5.41, 5.74) is 5.48. The third kappa shape index (κ3) is 2.21. The molecule has 4 unspecified atom stereocenters. The quantitative estimate of drug-likeness (QED) is 0.535. The van der Waals surface area contributed by atoms with Crippen LogP contribution in [0.25, 0.3) is 0 Å². The maximum absolute atomic E-state index is 4.00. The van der Waals surface area contributed by atoms with Crippen LogP contribution in [0.2, 0.25) is 0 Å². The third-order valence-electron chi connectivity index (χ3n) is 7.36. The van der Waals surface area contributed by atoms with Crippen molar-refractivity contribution < 1.29 is 0 Å². The van der Waals surface area contributed by atoms with Crippen LogP contribution in [-0.4, -0.2) is 0 Å². The Morgan fingerprint density at radius 3 is 2.64 bits per heavy atom. The topological polar surface area (TPSA) is 0 Å². The molecule has 0 saturated heterocycles. The fraction of sp³-hybridized carbons (Fsp3) is 0.636. The van der Waals surface area contributed by atoms with Crippen LogP contribution in [0.1, 0.15) is 68.6 Å². The predicted octanol–water partition coefficient (Wildman–Crippen LogP) is 5.74. The summed E-state index contributed by atoms with van der Waals surface area (Å²) in [6.07, 6.45) is 16.7. The minimum Gasteiger partial charge on any atom is -0.124 e. The highest BCUT2D eigenvalue weighted by atomic mass is 14.6. The van der Waals surface area contributed by atoms with Gasteiger partial charge in [-0.2, -0.15) is 0 Å². The first-order valence-corrected chi connectivity index (χ1v) is 9.02. The molecule has 0 nitrogen and oxygen atoms in total. The molecule has 0 radical (unpaired) electrons. The van der Waals surface area contributed by atoms with E-state index in [0.29, 0.717) is 5.41 Å². The van der Waals surface area contributed by atoms with E-state index in [1.54, 1.807) is 11.1 Å². The average molecular weight is 294 g/mol. The molecule has 4 rings (SSSR count). The van der Waals surface area contributed by atoms with Crippen molar-refractivity contribution in [1.82, 2.24) is 0 Å². The second-order valence-electron chi connectivity index (χ2n) is 8.14. The molecule has 0 heterocycles. The van der Waals surface area contributed by atoms with Gasteiger partial charge in [-0.05, 0) is 85.7 Å². The first-order valence-electron chi connectivity index (χ1n) is 9.02. The van der Waals surface area contributed by atoms with E-state index in [2.05, 4.69) is 51.8 Å². The van der Waals surface area contributed by atoms with Gasteiger partial charge in [0.1, 0.15) is 0 Å². The summed E-state index contributed by atoms with van der Waals surface area (Å²) in [6, 6.07) is 7.26. The van der Waals surface area contributed by atoms with E-state index in [0.717, 1.165) is 23.7 Å². The highest BCUT2D eigenvalue weighted by Crippen LogP contribution is 2.62. The van der Waals surface area contributed by atoms with Crippen molar-refractivity contribution in [2.24, 2.45) is 23.2 Å². The fourth-order valence-electron chi connectivity index (χ4n) is 5.97. The number of fused-ring (bicyclic) bond motifs is 5. The van der Waals surface area contributed by atoms with Gasteiger partial charge >= 0.3 is 0 Å². The van der Waals surface area contributed by atoms with Crippen molar-refractivity contribution in [3.8, 4) is 12.8 Å². The van der Waals surface area contributed by atoms with Gasteiger partial charge in [-0.15, -0.1) is 12.8 Å². The van der Waals surface area contributed by atoms with Crippen molar-refractivity contribution in [2.75, 3.05) is 0 Å². The second kappa shape index (κ2) is 5.77. The molecule has 3 aliphatic rings. The standard InChI is InChI=1S/C20H28.C2H2/c1-13-4-7-16-15(12-13)6-8-18-17(16)10-11-20(3)14(2)5-9-19(18)20;1-2/h4,7,12,14,17-19H,5-6,8-11H2,1-3H3;1-2H/t14?,17?,18?,19?,20-;/m1./s1. The van der Waals surface area contributed by atoms with Gasteiger partial charge in [0.15, 0.2) is 0 Å². The third-order valence-corrected chi connectivity index (χ3v) is 7.36. The molecular weight excluding hydrogens is 264 g/mol. The molecule has 5 atom stereocenters. The number of benzene rings is 1. The molecule has 22 heavy (non-hydrogen) atoms. The Hall–Kier alpha value is -1.22. The van der Waals surface area contributed by atoms with Crippen LogP contribution >= 0.6 is 0 Å². The molecule has 0 N–H and O–H groups in total. The SMILES string of the molecule is C#C.Cc1ccc2c(c1)CCC1C2CC[C@]2(C)C(C)CCC12. The van der Waals surface area contributed by atoms with Crippen LogP contribution in [0.15, 0.2) is 18.2 Å². The molecule has 0 aliphatic heterocycles. The van der Waals surface area contributed by atoms with Crippen molar-refractivity contribution in [3.63, 3.8) is 0 Å². The maximum atomic E-state index is 4.00. The summed E-state index contributed by atoms with van der Waals surface area (Å²) in [5, 5.41) is 0. The Balaban J connectivity index is 0.000000693. The smallest absolute Gasteiger partial charge is 0.0128 e. The van der Waals surface area contributed by atoms with E-state index >= 15 is 0 Å². The summed E-state index contributed by atoms with van der Waals surface area (Å²) in [7, 11) is 0. The summed E-state index contributed by atoms with van der Waals surface area (Å²) >= 11 is 0. The van der Waals surface area contributed by atoms with Crippen LogP contribution in [0, 0.1) is 42.9 Å². The Morgan fingerprint density at radius 1 is 1.09 bits per heavy atom. The zero-order chi connectivity index (χ0) is 15.9. The Kier molecular flexibility index (Phi) is 4.11. The van der Waals surface area contributed by atoms with E-state index in [-0.39, 0.29) is 0 Å². The number of rotatable bonds is 0. The summed E-state index contributed by atoms with van der Waals surface area (Å²) in [5.74, 6) is 3.81. The first kappa shape index (κ1) is 15.7. The van der Waals surface area contributed by atoms with Gasteiger partial charge in [-0.25, -0.2) is 0 Å². The molecule has 0 aromatic heterocycles. The molecular formula is C22H30. The number of hydrogen-bond acceptors (Lipinski definition) is 0. The van der Waals surface area contributed by atoms with Crippen LogP contribution < -0.4 is 0 Å². The van der Waals surface area contributed by atoms with Gasteiger partial charge in [0.05, 0.1) is 0 Å². The van der Waals surface area contributed by atoms with E-state index in [1.165, 1.54) is 44.1 Å². The lowest BCUT2D eigenvalue weighted by Crippen LogP contribution is -2.41. The normalized spacial score (nSPS) is 39.0. The van der Waals surface area contributed by atoms with Crippen LogP contribution in [-0.2, 0) is 6.42 Å².